The molecule has 166 valence electrons. The minimum Gasteiger partial charge on any atom is -0.484 e. The van der Waals surface area contributed by atoms with Crippen molar-refractivity contribution in [3.63, 3.8) is 0 Å². The van der Waals surface area contributed by atoms with E-state index in [2.05, 4.69) is 5.32 Å². The van der Waals surface area contributed by atoms with Crippen LogP contribution in [0.3, 0.4) is 0 Å². The van der Waals surface area contributed by atoms with Gasteiger partial charge in [0.25, 0.3) is 11.8 Å². The highest BCUT2D eigenvalue weighted by atomic mass is 35.5. The number of nitrogens with zero attached hydrogens (tertiary/aromatic N) is 3. The first-order chi connectivity index (χ1) is 14.9. The van der Waals surface area contributed by atoms with Crippen LogP contribution in [0.1, 0.15) is 25.7 Å². The second-order valence-electron chi connectivity index (χ2n) is 8.11. The van der Waals surface area contributed by atoms with Crippen LogP contribution in [-0.2, 0) is 14.4 Å². The van der Waals surface area contributed by atoms with Gasteiger partial charge in [-0.2, -0.15) is 0 Å². The van der Waals surface area contributed by atoms with Crippen LogP contribution in [0, 0.1) is 0 Å². The molecule has 0 aromatic heterocycles. The van der Waals surface area contributed by atoms with Crippen molar-refractivity contribution in [3.05, 3.63) is 29.3 Å². The minimum atomic E-state index is -0.813. The van der Waals surface area contributed by atoms with Crippen LogP contribution in [0.5, 0.6) is 5.75 Å². The first-order valence-corrected chi connectivity index (χ1v) is 10.8. The molecule has 1 aliphatic carbocycles. The third kappa shape index (κ3) is 4.46. The zero-order valence-electron chi connectivity index (χ0n) is 17.1. The van der Waals surface area contributed by atoms with E-state index >= 15 is 0 Å². The summed E-state index contributed by atoms with van der Waals surface area (Å²) in [6.45, 7) is 1.08. The van der Waals surface area contributed by atoms with Gasteiger partial charge in [-0.05, 0) is 37.1 Å². The molecule has 1 N–H and O–H groups in total. The van der Waals surface area contributed by atoms with E-state index < -0.39 is 11.6 Å². The summed E-state index contributed by atoms with van der Waals surface area (Å²) in [5.41, 5.74) is -0.813. The first-order valence-electron chi connectivity index (χ1n) is 10.5. The van der Waals surface area contributed by atoms with Crippen molar-refractivity contribution in [3.8, 4) is 5.75 Å². The van der Waals surface area contributed by atoms with Crippen LogP contribution < -0.4 is 10.1 Å². The lowest BCUT2D eigenvalue weighted by atomic mass is 9.98. The van der Waals surface area contributed by atoms with Gasteiger partial charge in [0.05, 0.1) is 0 Å². The Labute approximate surface area is 185 Å². The molecule has 1 spiro atoms. The normalized spacial score (nSPS) is 20.4. The van der Waals surface area contributed by atoms with E-state index in [9.17, 15) is 19.2 Å². The summed E-state index contributed by atoms with van der Waals surface area (Å²) in [4.78, 5) is 54.3. The van der Waals surface area contributed by atoms with Crippen LogP contribution >= 0.6 is 11.6 Å². The fourth-order valence-corrected chi connectivity index (χ4v) is 4.47. The molecule has 0 bridgehead atoms. The van der Waals surface area contributed by atoms with Gasteiger partial charge in [0.2, 0.25) is 5.91 Å². The molecular weight excluding hydrogens is 424 g/mol. The van der Waals surface area contributed by atoms with Crippen LogP contribution in [0.4, 0.5) is 4.79 Å². The monoisotopic (exact) mass is 448 g/mol. The van der Waals surface area contributed by atoms with Crippen molar-refractivity contribution in [2.45, 2.75) is 31.2 Å². The van der Waals surface area contributed by atoms with E-state index in [4.69, 9.17) is 16.3 Å². The first kappa shape index (κ1) is 21.4. The number of carbonyl (C=O) groups excluding carboxylic acids is 4. The number of carbonyl (C=O) groups is 4. The number of imide groups is 1. The third-order valence-corrected chi connectivity index (χ3v) is 6.41. The molecule has 31 heavy (non-hydrogen) atoms. The molecule has 10 heteroatoms. The standard InChI is InChI=1S/C21H25ClN4O5/c22-15-3-5-16(6-4-15)31-14-18(28)25-11-9-24(10-12-25)17(27)13-26-19(29)21(23-20(26)30)7-1-2-8-21/h3-6H,1-2,7-14H2,(H,23,30). The van der Waals surface area contributed by atoms with Crippen molar-refractivity contribution >= 4 is 35.4 Å². The molecule has 1 aromatic rings. The summed E-state index contributed by atoms with van der Waals surface area (Å²) in [5, 5.41) is 3.37. The van der Waals surface area contributed by atoms with Gasteiger partial charge in [0.1, 0.15) is 17.8 Å². The Balaban J connectivity index is 1.24. The van der Waals surface area contributed by atoms with Gasteiger partial charge in [0.15, 0.2) is 6.61 Å². The lowest BCUT2D eigenvalue weighted by Crippen LogP contribution is -2.54. The molecule has 0 unspecified atom stereocenters. The number of nitrogens with one attached hydrogen (secondary N) is 1. The Kier molecular flexibility index (Phi) is 6.04. The highest BCUT2D eigenvalue weighted by Gasteiger charge is 2.52. The Hall–Kier alpha value is -2.81. The maximum atomic E-state index is 12.7. The molecule has 1 saturated carbocycles. The topological polar surface area (TPSA) is 99.3 Å². The Bertz CT molecular complexity index is 876. The number of benzene rings is 1. The van der Waals surface area contributed by atoms with E-state index in [1.807, 2.05) is 0 Å². The van der Waals surface area contributed by atoms with Gasteiger partial charge in [-0.1, -0.05) is 24.4 Å². The second-order valence-corrected chi connectivity index (χ2v) is 8.55. The van der Waals surface area contributed by atoms with Gasteiger partial charge >= 0.3 is 6.03 Å². The Morgan fingerprint density at radius 2 is 1.55 bits per heavy atom. The molecule has 2 aliphatic heterocycles. The molecule has 3 aliphatic rings. The van der Waals surface area contributed by atoms with E-state index in [0.29, 0.717) is 49.8 Å². The number of urea groups is 1. The molecule has 4 rings (SSSR count). The summed E-state index contributed by atoms with van der Waals surface area (Å²) < 4.78 is 5.49. The van der Waals surface area contributed by atoms with Gasteiger partial charge in [-0.15, -0.1) is 0 Å². The van der Waals surface area contributed by atoms with Crippen LogP contribution in [0.15, 0.2) is 24.3 Å². The molecule has 9 nitrogen and oxygen atoms in total. The van der Waals surface area contributed by atoms with Crippen molar-refractivity contribution in [1.29, 1.82) is 0 Å². The predicted octanol–water partition coefficient (Wildman–Crippen LogP) is 1.25. The number of halogens is 1. The molecule has 0 radical (unpaired) electrons. The summed E-state index contributed by atoms with van der Waals surface area (Å²) >= 11 is 5.83. The molecule has 1 aromatic carbocycles. The smallest absolute Gasteiger partial charge is 0.325 e. The zero-order valence-corrected chi connectivity index (χ0v) is 17.9. The highest BCUT2D eigenvalue weighted by molar-refractivity contribution is 6.30. The summed E-state index contributed by atoms with van der Waals surface area (Å²) in [6, 6.07) is 6.26. The van der Waals surface area contributed by atoms with Gasteiger partial charge in [-0.3, -0.25) is 19.3 Å². The minimum absolute atomic E-state index is 0.0971. The molecule has 5 amide bonds. The number of rotatable bonds is 5. The summed E-state index contributed by atoms with van der Waals surface area (Å²) in [7, 11) is 0. The Morgan fingerprint density at radius 1 is 0.968 bits per heavy atom. The van der Waals surface area contributed by atoms with E-state index in [-0.39, 0.29) is 30.9 Å². The predicted molar refractivity (Wildman–Crippen MR) is 112 cm³/mol. The largest absolute Gasteiger partial charge is 0.484 e. The molecule has 3 fully saturated rings. The summed E-state index contributed by atoms with van der Waals surface area (Å²) in [5.74, 6) is -0.195. The highest BCUT2D eigenvalue weighted by Crippen LogP contribution is 2.35. The maximum absolute atomic E-state index is 12.7. The van der Waals surface area contributed by atoms with E-state index in [0.717, 1.165) is 17.7 Å². The van der Waals surface area contributed by atoms with Gasteiger partial charge < -0.3 is 19.9 Å². The lowest BCUT2D eigenvalue weighted by molar-refractivity contribution is -0.143. The third-order valence-electron chi connectivity index (χ3n) is 6.16. The van der Waals surface area contributed by atoms with Crippen molar-refractivity contribution in [1.82, 2.24) is 20.0 Å². The quantitative estimate of drug-likeness (QED) is 0.683. The molecule has 0 atom stereocenters. The molecule has 2 saturated heterocycles. The average molecular weight is 449 g/mol. The van der Waals surface area contributed by atoms with Gasteiger partial charge in [0, 0.05) is 31.2 Å². The van der Waals surface area contributed by atoms with E-state index in [1.165, 1.54) is 0 Å². The number of hydrogen-bond donors (Lipinski definition) is 1. The van der Waals surface area contributed by atoms with Crippen molar-refractivity contribution in [2.75, 3.05) is 39.3 Å². The van der Waals surface area contributed by atoms with Crippen molar-refractivity contribution < 1.29 is 23.9 Å². The fourth-order valence-electron chi connectivity index (χ4n) is 4.34. The second kappa shape index (κ2) is 8.74. The Morgan fingerprint density at radius 3 is 2.16 bits per heavy atom. The average Bonchev–Trinajstić information content (AvgIpc) is 3.33. The van der Waals surface area contributed by atoms with Crippen LogP contribution in [-0.4, -0.2) is 83.3 Å². The maximum Gasteiger partial charge on any atom is 0.325 e. The fraction of sp³-hybridized carbons (Fsp3) is 0.524. The number of ether oxygens (including phenoxy) is 1. The van der Waals surface area contributed by atoms with Crippen molar-refractivity contribution in [2.24, 2.45) is 0 Å². The van der Waals surface area contributed by atoms with Crippen LogP contribution in [0.2, 0.25) is 5.02 Å². The van der Waals surface area contributed by atoms with Crippen LogP contribution in [0.25, 0.3) is 0 Å². The molecule has 2 heterocycles. The van der Waals surface area contributed by atoms with Gasteiger partial charge in [-0.25, -0.2) is 4.79 Å². The summed E-state index contributed by atoms with van der Waals surface area (Å²) in [6.07, 6.45) is 3.04. The number of piperazine rings is 1. The SMILES string of the molecule is O=C(COc1ccc(Cl)cc1)N1CCN(C(=O)CN2C(=O)NC3(CCCC3)C2=O)CC1. The lowest BCUT2D eigenvalue weighted by Gasteiger charge is -2.35. The van der Waals surface area contributed by atoms with E-state index in [1.54, 1.807) is 34.1 Å². The zero-order chi connectivity index (χ0) is 22.0. The molecular formula is C21H25ClN4O5. The number of hydrogen-bond acceptors (Lipinski definition) is 5. The number of amides is 5.